The van der Waals surface area contributed by atoms with E-state index in [0.717, 1.165) is 12.3 Å². The first kappa shape index (κ1) is 31.5. The predicted molar refractivity (Wildman–Crippen MR) is 159 cm³/mol. The number of carbonyl (C=O) groups excluding carboxylic acids is 2. The second-order valence-corrected chi connectivity index (χ2v) is 12.1. The number of hydrogen-bond donors (Lipinski definition) is 2. The van der Waals surface area contributed by atoms with Crippen LogP contribution in [-0.2, 0) is 16.8 Å². The van der Waals surface area contributed by atoms with Crippen LogP contribution < -0.4 is 14.8 Å². The molecule has 0 spiro atoms. The van der Waals surface area contributed by atoms with Crippen molar-refractivity contribution in [3.63, 3.8) is 0 Å². The summed E-state index contributed by atoms with van der Waals surface area (Å²) in [5, 5.41) is 11.3. The summed E-state index contributed by atoms with van der Waals surface area (Å²) >= 11 is 6.60. The van der Waals surface area contributed by atoms with Gasteiger partial charge in [0.15, 0.2) is 11.4 Å². The van der Waals surface area contributed by atoms with E-state index in [0.29, 0.717) is 30.5 Å². The number of pyridine rings is 1. The number of nitrogens with zero attached hydrogens (tertiary/aromatic N) is 2. The molecule has 2 amide bonds. The molecule has 0 bridgehead atoms. The van der Waals surface area contributed by atoms with Crippen molar-refractivity contribution in [1.82, 2.24) is 15.2 Å². The average Bonchev–Trinajstić information content (AvgIpc) is 3.63. The lowest BCUT2D eigenvalue weighted by atomic mass is 9.80. The first-order chi connectivity index (χ1) is 20.9. The molecule has 2 aromatic carbocycles. The number of hydrogen-bond acceptors (Lipinski definition) is 7. The molecule has 1 saturated heterocycles. The maximum atomic E-state index is 16.2. The molecule has 0 unspecified atom stereocenters. The number of aliphatic hydroxyl groups is 1. The monoisotopic (exact) mass is 629 g/mol. The summed E-state index contributed by atoms with van der Waals surface area (Å²) < 4.78 is 49.5. The Balaban J connectivity index is 1.72. The van der Waals surface area contributed by atoms with Gasteiger partial charge in [0.25, 0.3) is 11.8 Å². The normalized spacial score (nSPS) is 19.4. The van der Waals surface area contributed by atoms with E-state index in [2.05, 4.69) is 10.3 Å². The zero-order valence-electron chi connectivity index (χ0n) is 24.9. The van der Waals surface area contributed by atoms with Crippen molar-refractivity contribution < 1.29 is 37.7 Å². The number of amides is 2. The molecule has 44 heavy (non-hydrogen) atoms. The van der Waals surface area contributed by atoms with E-state index >= 15 is 8.78 Å². The third-order valence-electron chi connectivity index (χ3n) is 7.74. The summed E-state index contributed by atoms with van der Waals surface area (Å²) in [6.45, 7) is 5.10. The van der Waals surface area contributed by atoms with E-state index in [9.17, 15) is 14.7 Å². The van der Waals surface area contributed by atoms with Gasteiger partial charge in [-0.3, -0.25) is 4.79 Å². The van der Waals surface area contributed by atoms with Crippen LogP contribution >= 0.6 is 11.6 Å². The Labute approximate surface area is 259 Å². The highest BCUT2D eigenvalue weighted by atomic mass is 35.5. The van der Waals surface area contributed by atoms with Gasteiger partial charge in [-0.25, -0.2) is 18.6 Å². The minimum Gasteiger partial charge on any atom is -0.480 e. The van der Waals surface area contributed by atoms with Crippen molar-refractivity contribution in [3.05, 3.63) is 75.9 Å². The van der Waals surface area contributed by atoms with Crippen LogP contribution in [0.1, 0.15) is 55.1 Å². The minimum atomic E-state index is -1.23. The molecule has 2 atom stereocenters. The number of carbonyl (C=O) groups is 2. The molecule has 1 fully saturated rings. The summed E-state index contributed by atoms with van der Waals surface area (Å²) in [5.74, 6) is -3.02. The maximum Gasteiger partial charge on any atom is 0.410 e. The molecule has 234 valence electrons. The number of aliphatic hydroxyl groups excluding tert-OH is 1. The van der Waals surface area contributed by atoms with Crippen molar-refractivity contribution in [3.8, 4) is 22.8 Å². The first-order valence-electron chi connectivity index (χ1n) is 14.3. The second-order valence-electron chi connectivity index (χ2n) is 11.7. The predicted octanol–water partition coefficient (Wildman–Crippen LogP) is 5.64. The largest absolute Gasteiger partial charge is 0.480 e. The fourth-order valence-electron chi connectivity index (χ4n) is 5.98. The number of nitrogens with one attached hydrogen (secondary N) is 1. The van der Waals surface area contributed by atoms with Gasteiger partial charge in [0.1, 0.15) is 23.8 Å². The van der Waals surface area contributed by atoms with Crippen molar-refractivity contribution >= 4 is 23.6 Å². The fourth-order valence-corrected chi connectivity index (χ4v) is 6.24. The Morgan fingerprint density at radius 3 is 2.61 bits per heavy atom. The fraction of sp³-hybridized carbons (Fsp3) is 0.406. The lowest BCUT2D eigenvalue weighted by Gasteiger charge is -2.40. The van der Waals surface area contributed by atoms with Gasteiger partial charge in [-0.05, 0) is 39.2 Å². The van der Waals surface area contributed by atoms with Crippen molar-refractivity contribution in [2.75, 3.05) is 26.8 Å². The Hall–Kier alpha value is -3.96. The summed E-state index contributed by atoms with van der Waals surface area (Å²) in [4.78, 5) is 31.9. The van der Waals surface area contributed by atoms with Gasteiger partial charge in [0, 0.05) is 49.0 Å². The number of ether oxygens (including phenoxy) is 3. The zero-order chi connectivity index (χ0) is 31.8. The number of halogens is 3. The van der Waals surface area contributed by atoms with E-state index in [1.165, 1.54) is 7.05 Å². The van der Waals surface area contributed by atoms with Crippen LogP contribution in [0.2, 0.25) is 5.02 Å². The van der Waals surface area contributed by atoms with Gasteiger partial charge in [0.2, 0.25) is 0 Å². The van der Waals surface area contributed by atoms with Gasteiger partial charge in [-0.15, -0.1) is 0 Å². The third kappa shape index (κ3) is 5.66. The Bertz CT molecular complexity index is 1580. The number of aromatic nitrogens is 1. The van der Waals surface area contributed by atoms with Crippen molar-refractivity contribution in [2.45, 2.75) is 57.3 Å². The molecule has 12 heteroatoms. The minimum absolute atomic E-state index is 0.0629. The molecule has 1 aromatic heterocycles. The maximum absolute atomic E-state index is 16.2. The standard InChI is InChI=1S/C32H34ClF2N3O6/c1-31(2,3)44-30(41)38-12-8-11-23(38)32(18-9-6-5-7-10-18)16-19-22(43-32)15-21(34)26(33)24(19)25-20(28(40)36-4)17-37-29(27(25)35)42-14-13-39/h5-7,9-10,15,17,23,39H,8,11-14,16H2,1-4H3,(H,36,40)/t23-,32-/m0/s1. The SMILES string of the molecule is CNC(=O)c1cnc(OCCO)c(F)c1-c1c(Cl)c(F)cc2c1C[C@](c1ccccc1)([C@@H]1CCCN1C(=O)OC(C)(C)C)O2. The van der Waals surface area contributed by atoms with Crippen molar-refractivity contribution in [2.24, 2.45) is 0 Å². The topological polar surface area (TPSA) is 110 Å². The number of rotatable bonds is 7. The molecule has 2 aliphatic rings. The van der Waals surface area contributed by atoms with Gasteiger partial charge in [0.05, 0.1) is 23.2 Å². The van der Waals surface area contributed by atoms with Crippen molar-refractivity contribution in [1.29, 1.82) is 0 Å². The molecule has 5 rings (SSSR count). The van der Waals surface area contributed by atoms with Crippen LogP contribution in [-0.4, -0.2) is 65.4 Å². The van der Waals surface area contributed by atoms with E-state index < -0.39 is 58.4 Å². The van der Waals surface area contributed by atoms with Gasteiger partial charge in [-0.1, -0.05) is 41.9 Å². The molecular formula is C32H34ClF2N3O6. The average molecular weight is 630 g/mol. The number of likely N-dealkylation sites (tertiary alicyclic amines) is 1. The van der Waals surface area contributed by atoms with Gasteiger partial charge >= 0.3 is 6.09 Å². The number of fused-ring (bicyclic) bond motifs is 1. The van der Waals surface area contributed by atoms with Crippen LogP contribution in [0.25, 0.3) is 11.1 Å². The molecule has 3 aromatic rings. The summed E-state index contributed by atoms with van der Waals surface area (Å²) in [6, 6.07) is 9.84. The number of benzene rings is 2. The summed E-state index contributed by atoms with van der Waals surface area (Å²) in [5.41, 5.74) is -1.52. The second kappa shape index (κ2) is 12.2. The summed E-state index contributed by atoms with van der Waals surface area (Å²) in [6.07, 6.45) is 1.89. The van der Waals surface area contributed by atoms with Crippen LogP contribution in [0.3, 0.4) is 0 Å². The lowest BCUT2D eigenvalue weighted by molar-refractivity contribution is -0.0216. The third-order valence-corrected chi connectivity index (χ3v) is 8.11. The Morgan fingerprint density at radius 1 is 1.23 bits per heavy atom. The zero-order valence-corrected chi connectivity index (χ0v) is 25.6. The molecule has 9 nitrogen and oxygen atoms in total. The molecular weight excluding hydrogens is 596 g/mol. The highest BCUT2D eigenvalue weighted by Crippen LogP contribution is 2.53. The lowest BCUT2D eigenvalue weighted by Crippen LogP contribution is -2.53. The van der Waals surface area contributed by atoms with E-state index in [-0.39, 0.29) is 35.5 Å². The smallest absolute Gasteiger partial charge is 0.410 e. The van der Waals surface area contributed by atoms with Crippen LogP contribution in [0.4, 0.5) is 13.6 Å². The molecule has 2 N–H and O–H groups in total. The quantitative estimate of drug-likeness (QED) is 0.348. The summed E-state index contributed by atoms with van der Waals surface area (Å²) in [7, 11) is 1.37. The molecule has 0 saturated carbocycles. The van der Waals surface area contributed by atoms with E-state index in [1.807, 2.05) is 30.3 Å². The molecule has 3 heterocycles. The van der Waals surface area contributed by atoms with Gasteiger partial charge in [-0.2, -0.15) is 0 Å². The van der Waals surface area contributed by atoms with Crippen LogP contribution in [0.15, 0.2) is 42.6 Å². The Kier molecular flexibility index (Phi) is 8.73. The molecule has 0 radical (unpaired) electrons. The molecule has 2 aliphatic heterocycles. The van der Waals surface area contributed by atoms with Gasteiger partial charge < -0.3 is 29.5 Å². The van der Waals surface area contributed by atoms with Crippen LogP contribution in [0, 0.1) is 11.6 Å². The highest BCUT2D eigenvalue weighted by Gasteiger charge is 2.54. The first-order valence-corrected chi connectivity index (χ1v) is 14.7. The van der Waals surface area contributed by atoms with E-state index in [4.69, 9.17) is 25.8 Å². The highest BCUT2D eigenvalue weighted by molar-refractivity contribution is 6.34. The molecule has 0 aliphatic carbocycles. The van der Waals surface area contributed by atoms with Crippen LogP contribution in [0.5, 0.6) is 11.6 Å². The van der Waals surface area contributed by atoms with E-state index in [1.54, 1.807) is 25.7 Å². The Morgan fingerprint density at radius 2 is 1.95 bits per heavy atom.